The molecule has 0 unspecified atom stereocenters. The first-order valence-electron chi connectivity index (χ1n) is 13.0. The van der Waals surface area contributed by atoms with Crippen LogP contribution in [0.4, 0.5) is 19.0 Å². The smallest absolute Gasteiger partial charge is 0.266 e. The quantitative estimate of drug-likeness (QED) is 0.224. The van der Waals surface area contributed by atoms with E-state index >= 15 is 0 Å². The number of rotatable bonds is 10. The number of aliphatic hydroxyl groups excluding tert-OH is 2. The van der Waals surface area contributed by atoms with E-state index in [4.69, 9.17) is 9.84 Å². The molecule has 4 heterocycles. The number of ether oxygens (including phenoxy) is 1. The van der Waals surface area contributed by atoms with Crippen molar-refractivity contribution in [2.75, 3.05) is 18.5 Å². The van der Waals surface area contributed by atoms with Crippen LogP contribution in [0.3, 0.4) is 0 Å². The van der Waals surface area contributed by atoms with Crippen molar-refractivity contribution in [1.29, 1.82) is 0 Å². The summed E-state index contributed by atoms with van der Waals surface area (Å²) in [5, 5.41) is 30.9. The number of anilines is 1. The van der Waals surface area contributed by atoms with Gasteiger partial charge in [-0.1, -0.05) is 0 Å². The summed E-state index contributed by atoms with van der Waals surface area (Å²) in [6.07, 6.45) is 4.84. The van der Waals surface area contributed by atoms with Crippen molar-refractivity contribution < 1.29 is 32.8 Å². The number of pyridine rings is 2. The SMILES string of the molecule is CCNc1cc2c(cn1)c(-c1cnn(C[C@@H](O)CO)c1)[nH][n+]2C1CCC(Oc2nccc(C(F)F)c2F)CC1. The van der Waals surface area contributed by atoms with Gasteiger partial charge in [0.25, 0.3) is 12.3 Å². The standard InChI is InChI=1S/C26H30F3N7O3/c1-2-30-22-9-21-20(11-32-22)24(15-10-33-35(12-15)13-17(38)14-37)34-36(21)16-3-5-18(6-4-16)39-26-23(27)19(25(28)29)7-8-31-26/h7-12,16-18,25,37-38H,2-6,13-14H2,1H3,(H,30,32,34)/p+1/t16?,17-,18?/m1/s1. The number of hydrogen-bond donors (Lipinski definition) is 4. The monoisotopic (exact) mass is 546 g/mol. The van der Waals surface area contributed by atoms with Crippen molar-refractivity contribution in [1.82, 2.24) is 24.8 Å². The van der Waals surface area contributed by atoms with Gasteiger partial charge < -0.3 is 20.3 Å². The Morgan fingerprint density at radius 2 is 2.03 bits per heavy atom. The summed E-state index contributed by atoms with van der Waals surface area (Å²) in [7, 11) is 0. The average molecular weight is 547 g/mol. The molecule has 39 heavy (non-hydrogen) atoms. The number of H-pyrrole nitrogens is 1. The summed E-state index contributed by atoms with van der Waals surface area (Å²) in [5.74, 6) is -0.760. The fraction of sp³-hybridized carbons (Fsp3) is 0.462. The number of nitrogens with zero attached hydrogens (tertiary/aromatic N) is 5. The number of halogens is 3. The summed E-state index contributed by atoms with van der Waals surface area (Å²) in [4.78, 5) is 8.37. The minimum Gasteiger partial charge on any atom is -0.472 e. The van der Waals surface area contributed by atoms with Gasteiger partial charge in [0.15, 0.2) is 11.9 Å². The first-order chi connectivity index (χ1) is 18.9. The molecule has 0 saturated heterocycles. The number of alkyl halides is 2. The summed E-state index contributed by atoms with van der Waals surface area (Å²) < 4.78 is 49.9. The highest BCUT2D eigenvalue weighted by atomic mass is 19.3. The zero-order valence-electron chi connectivity index (χ0n) is 21.4. The van der Waals surface area contributed by atoms with Crippen LogP contribution in [0.25, 0.3) is 22.2 Å². The maximum absolute atomic E-state index is 14.4. The highest BCUT2D eigenvalue weighted by Gasteiger charge is 2.34. The van der Waals surface area contributed by atoms with Gasteiger partial charge in [-0.3, -0.25) is 4.68 Å². The topological polar surface area (TPSA) is 125 Å². The van der Waals surface area contributed by atoms with E-state index in [-0.39, 0.29) is 31.2 Å². The van der Waals surface area contributed by atoms with Crippen LogP contribution in [0.1, 0.15) is 50.6 Å². The fourth-order valence-corrected chi connectivity index (χ4v) is 5.00. The molecule has 1 fully saturated rings. The van der Waals surface area contributed by atoms with Gasteiger partial charge >= 0.3 is 0 Å². The predicted octanol–water partition coefficient (Wildman–Crippen LogP) is 3.53. The largest absolute Gasteiger partial charge is 0.472 e. The molecule has 0 bridgehead atoms. The van der Waals surface area contributed by atoms with Crippen LogP contribution in [0.2, 0.25) is 0 Å². The van der Waals surface area contributed by atoms with Gasteiger partial charge in [0.05, 0.1) is 42.5 Å². The van der Waals surface area contributed by atoms with Crippen molar-refractivity contribution in [3.05, 3.63) is 48.3 Å². The van der Waals surface area contributed by atoms with Crippen molar-refractivity contribution in [3.63, 3.8) is 0 Å². The fourth-order valence-electron chi connectivity index (χ4n) is 5.00. The number of fused-ring (bicyclic) bond motifs is 1. The van der Waals surface area contributed by atoms with E-state index in [1.54, 1.807) is 23.3 Å². The molecule has 10 nitrogen and oxygen atoms in total. The zero-order valence-corrected chi connectivity index (χ0v) is 21.4. The summed E-state index contributed by atoms with van der Waals surface area (Å²) in [6, 6.07) is 3.02. The normalized spacial score (nSPS) is 18.5. The van der Waals surface area contributed by atoms with E-state index < -0.39 is 23.9 Å². The molecular formula is C26H31F3N7O3+. The van der Waals surface area contributed by atoms with E-state index in [2.05, 4.69) is 30.2 Å². The van der Waals surface area contributed by atoms with Gasteiger partial charge in [-0.2, -0.15) is 10.2 Å². The minimum absolute atomic E-state index is 0.0782. The Kier molecular flexibility index (Phi) is 7.98. The summed E-state index contributed by atoms with van der Waals surface area (Å²) in [6.45, 7) is 2.52. The van der Waals surface area contributed by atoms with Crippen LogP contribution in [-0.2, 0) is 6.54 Å². The Morgan fingerprint density at radius 3 is 2.74 bits per heavy atom. The van der Waals surface area contributed by atoms with E-state index in [0.29, 0.717) is 25.7 Å². The molecule has 0 aliphatic heterocycles. The number of aromatic nitrogens is 6. The minimum atomic E-state index is -2.94. The van der Waals surface area contributed by atoms with E-state index in [1.165, 1.54) is 0 Å². The molecule has 208 valence electrons. The van der Waals surface area contributed by atoms with Gasteiger partial charge in [0, 0.05) is 43.5 Å². The third kappa shape index (κ3) is 5.69. The molecule has 1 aliphatic rings. The lowest BCUT2D eigenvalue weighted by Gasteiger charge is -2.25. The first kappa shape index (κ1) is 26.9. The second kappa shape index (κ2) is 11.6. The number of aliphatic hydroxyl groups is 2. The predicted molar refractivity (Wildman–Crippen MR) is 136 cm³/mol. The van der Waals surface area contributed by atoms with E-state index in [9.17, 15) is 18.3 Å². The van der Waals surface area contributed by atoms with Gasteiger partial charge in [-0.05, 0) is 25.8 Å². The van der Waals surface area contributed by atoms with Crippen LogP contribution >= 0.6 is 0 Å². The molecule has 1 aliphatic carbocycles. The molecular weight excluding hydrogens is 515 g/mol. The summed E-state index contributed by atoms with van der Waals surface area (Å²) in [5.41, 5.74) is 1.85. The van der Waals surface area contributed by atoms with E-state index in [0.717, 1.165) is 46.8 Å². The van der Waals surface area contributed by atoms with Crippen LogP contribution in [0.15, 0.2) is 36.9 Å². The Hall–Kier alpha value is -3.71. The molecule has 1 saturated carbocycles. The summed E-state index contributed by atoms with van der Waals surface area (Å²) >= 11 is 0. The molecule has 4 N–H and O–H groups in total. The number of nitrogens with one attached hydrogen (secondary N) is 2. The van der Waals surface area contributed by atoms with Crippen LogP contribution < -0.4 is 14.7 Å². The lowest BCUT2D eigenvalue weighted by molar-refractivity contribution is -0.753. The Labute approximate surface area is 222 Å². The lowest BCUT2D eigenvalue weighted by atomic mass is 9.93. The molecule has 4 aromatic heterocycles. The second-order valence-corrected chi connectivity index (χ2v) is 9.63. The lowest BCUT2D eigenvalue weighted by Crippen LogP contribution is -2.44. The van der Waals surface area contributed by atoms with Crippen molar-refractivity contribution in [2.45, 2.75) is 63.8 Å². The molecule has 4 aromatic rings. The highest BCUT2D eigenvalue weighted by molar-refractivity contribution is 5.91. The molecule has 13 heteroatoms. The molecule has 1 atom stereocenters. The van der Waals surface area contributed by atoms with Crippen molar-refractivity contribution in [3.8, 4) is 17.1 Å². The molecule has 0 radical (unpaired) electrons. The molecule has 0 spiro atoms. The Morgan fingerprint density at radius 1 is 1.23 bits per heavy atom. The first-order valence-corrected chi connectivity index (χ1v) is 13.0. The third-order valence-electron chi connectivity index (χ3n) is 6.94. The molecule has 0 amide bonds. The second-order valence-electron chi connectivity index (χ2n) is 9.63. The van der Waals surface area contributed by atoms with Gasteiger partial charge in [0.1, 0.15) is 17.6 Å². The highest BCUT2D eigenvalue weighted by Crippen LogP contribution is 2.33. The third-order valence-corrected chi connectivity index (χ3v) is 6.94. The molecule has 0 aromatic carbocycles. The molecule has 5 rings (SSSR count). The zero-order chi connectivity index (χ0) is 27.5. The van der Waals surface area contributed by atoms with Gasteiger partial charge in [0.2, 0.25) is 5.52 Å². The number of hydrogen-bond acceptors (Lipinski definition) is 7. The van der Waals surface area contributed by atoms with Gasteiger partial charge in [-0.15, -0.1) is 4.68 Å². The van der Waals surface area contributed by atoms with Crippen LogP contribution in [0, 0.1) is 5.82 Å². The van der Waals surface area contributed by atoms with E-state index in [1.807, 2.05) is 13.0 Å². The van der Waals surface area contributed by atoms with Crippen molar-refractivity contribution in [2.24, 2.45) is 0 Å². The average Bonchev–Trinajstić information content (AvgIpc) is 3.54. The maximum atomic E-state index is 14.4. The Balaban J connectivity index is 1.38. The van der Waals surface area contributed by atoms with Crippen LogP contribution in [-0.4, -0.2) is 60.4 Å². The Bertz CT molecular complexity index is 1420. The van der Waals surface area contributed by atoms with Crippen molar-refractivity contribution >= 4 is 16.7 Å². The number of aromatic amines is 1. The van der Waals surface area contributed by atoms with Crippen LogP contribution in [0.5, 0.6) is 5.88 Å². The van der Waals surface area contributed by atoms with Gasteiger partial charge in [-0.25, -0.2) is 23.1 Å². The maximum Gasteiger partial charge on any atom is 0.266 e.